The topological polar surface area (TPSA) is 12.0 Å². The van der Waals surface area contributed by atoms with E-state index in [1.54, 1.807) is 0 Å². The SMILES string of the molecule is Clc1cc(Br)cc(Cl)c1-c1ccccc1Nc1ccccc1. The van der Waals surface area contributed by atoms with Gasteiger partial charge in [-0.1, -0.05) is 75.5 Å². The third-order valence-corrected chi connectivity index (χ3v) is 4.31. The van der Waals surface area contributed by atoms with Gasteiger partial charge in [0.25, 0.3) is 0 Å². The Morgan fingerprint density at radius 2 is 1.36 bits per heavy atom. The molecule has 0 aliphatic rings. The highest BCUT2D eigenvalue weighted by atomic mass is 79.9. The lowest BCUT2D eigenvalue weighted by atomic mass is 10.0. The van der Waals surface area contributed by atoms with Crippen LogP contribution in [0.2, 0.25) is 10.0 Å². The lowest BCUT2D eigenvalue weighted by molar-refractivity contribution is 1.53. The zero-order valence-corrected chi connectivity index (χ0v) is 14.6. The van der Waals surface area contributed by atoms with Crippen molar-refractivity contribution in [2.45, 2.75) is 0 Å². The Hall–Kier alpha value is -1.48. The maximum Gasteiger partial charge on any atom is 0.0511 e. The van der Waals surface area contributed by atoms with Crippen molar-refractivity contribution in [3.05, 3.63) is 81.2 Å². The fourth-order valence-electron chi connectivity index (χ4n) is 2.29. The van der Waals surface area contributed by atoms with Crippen LogP contribution in [-0.4, -0.2) is 0 Å². The summed E-state index contributed by atoms with van der Waals surface area (Å²) >= 11 is 16.2. The van der Waals surface area contributed by atoms with Gasteiger partial charge >= 0.3 is 0 Å². The fourth-order valence-corrected chi connectivity index (χ4v) is 3.70. The van der Waals surface area contributed by atoms with Gasteiger partial charge in [-0.05, 0) is 30.3 Å². The molecule has 110 valence electrons. The van der Waals surface area contributed by atoms with Crippen LogP contribution in [0.15, 0.2) is 71.2 Å². The van der Waals surface area contributed by atoms with Crippen molar-refractivity contribution in [1.82, 2.24) is 0 Å². The molecule has 0 unspecified atom stereocenters. The second-order valence-electron chi connectivity index (χ2n) is 4.78. The second kappa shape index (κ2) is 6.74. The molecule has 1 nitrogen and oxygen atoms in total. The van der Waals surface area contributed by atoms with Crippen LogP contribution in [0.25, 0.3) is 11.1 Å². The van der Waals surface area contributed by atoms with E-state index in [9.17, 15) is 0 Å². The van der Waals surface area contributed by atoms with Crippen LogP contribution in [0.3, 0.4) is 0 Å². The second-order valence-corrected chi connectivity index (χ2v) is 6.51. The first-order valence-corrected chi connectivity index (χ1v) is 8.26. The van der Waals surface area contributed by atoms with E-state index in [0.717, 1.165) is 27.0 Å². The molecule has 0 aliphatic heterocycles. The van der Waals surface area contributed by atoms with E-state index in [1.807, 2.05) is 66.7 Å². The van der Waals surface area contributed by atoms with Crippen LogP contribution in [-0.2, 0) is 0 Å². The molecule has 0 amide bonds. The number of para-hydroxylation sites is 2. The molecule has 0 aliphatic carbocycles. The summed E-state index contributed by atoms with van der Waals surface area (Å²) in [6.45, 7) is 0. The molecule has 0 aromatic heterocycles. The van der Waals surface area contributed by atoms with Crippen LogP contribution in [0.1, 0.15) is 0 Å². The maximum atomic E-state index is 6.40. The van der Waals surface area contributed by atoms with Crippen molar-refractivity contribution in [1.29, 1.82) is 0 Å². The van der Waals surface area contributed by atoms with Crippen LogP contribution in [0, 0.1) is 0 Å². The molecule has 1 N–H and O–H groups in total. The van der Waals surface area contributed by atoms with Crippen molar-refractivity contribution in [2.24, 2.45) is 0 Å². The predicted molar refractivity (Wildman–Crippen MR) is 99.3 cm³/mol. The van der Waals surface area contributed by atoms with Gasteiger partial charge in [0, 0.05) is 27.0 Å². The van der Waals surface area contributed by atoms with E-state index in [-0.39, 0.29) is 0 Å². The number of nitrogens with one attached hydrogen (secondary N) is 1. The quantitative estimate of drug-likeness (QED) is 0.498. The average molecular weight is 393 g/mol. The van der Waals surface area contributed by atoms with Crippen LogP contribution in [0.5, 0.6) is 0 Å². The molecule has 3 rings (SSSR count). The summed E-state index contributed by atoms with van der Waals surface area (Å²) in [4.78, 5) is 0. The Bertz CT molecular complexity index is 780. The number of rotatable bonds is 3. The first-order chi connectivity index (χ1) is 10.6. The van der Waals surface area contributed by atoms with Crippen LogP contribution < -0.4 is 5.32 Å². The van der Waals surface area contributed by atoms with E-state index in [0.29, 0.717) is 10.0 Å². The first kappa shape index (κ1) is 15.4. The summed E-state index contributed by atoms with van der Waals surface area (Å²) in [5.74, 6) is 0. The minimum Gasteiger partial charge on any atom is -0.355 e. The van der Waals surface area contributed by atoms with Crippen LogP contribution >= 0.6 is 39.1 Å². The zero-order chi connectivity index (χ0) is 15.5. The first-order valence-electron chi connectivity index (χ1n) is 6.71. The molecule has 0 atom stereocenters. The number of benzene rings is 3. The van der Waals surface area contributed by atoms with Crippen LogP contribution in [0.4, 0.5) is 11.4 Å². The third kappa shape index (κ3) is 3.30. The standard InChI is InChI=1S/C18H12BrCl2N/c19-12-10-15(20)18(16(21)11-12)14-8-4-5-9-17(14)22-13-6-2-1-3-7-13/h1-11,22H. The normalized spacial score (nSPS) is 10.5. The van der Waals surface area contributed by atoms with E-state index in [2.05, 4.69) is 21.2 Å². The Morgan fingerprint density at radius 3 is 2.05 bits per heavy atom. The monoisotopic (exact) mass is 391 g/mol. The minimum atomic E-state index is 0.613. The Morgan fingerprint density at radius 1 is 0.773 bits per heavy atom. The molecule has 3 aromatic rings. The number of hydrogen-bond acceptors (Lipinski definition) is 1. The molecule has 22 heavy (non-hydrogen) atoms. The smallest absolute Gasteiger partial charge is 0.0511 e. The number of anilines is 2. The van der Waals surface area contributed by atoms with Gasteiger partial charge in [0.1, 0.15) is 0 Å². The Kier molecular flexibility index (Phi) is 4.72. The highest BCUT2D eigenvalue weighted by molar-refractivity contribution is 9.10. The molecular weight excluding hydrogens is 381 g/mol. The maximum absolute atomic E-state index is 6.40. The molecule has 0 saturated carbocycles. The van der Waals surface area contributed by atoms with Crippen molar-refractivity contribution >= 4 is 50.5 Å². The summed E-state index contributed by atoms with van der Waals surface area (Å²) in [6.07, 6.45) is 0. The number of halogens is 3. The summed E-state index contributed by atoms with van der Waals surface area (Å²) in [7, 11) is 0. The molecule has 3 aromatic carbocycles. The molecule has 4 heteroatoms. The van der Waals surface area contributed by atoms with Crippen molar-refractivity contribution in [3.8, 4) is 11.1 Å². The van der Waals surface area contributed by atoms with Crippen molar-refractivity contribution < 1.29 is 0 Å². The third-order valence-electron chi connectivity index (χ3n) is 3.26. The lowest BCUT2D eigenvalue weighted by Gasteiger charge is -2.15. The highest BCUT2D eigenvalue weighted by Crippen LogP contribution is 2.41. The summed E-state index contributed by atoms with van der Waals surface area (Å²) < 4.78 is 0.861. The van der Waals surface area contributed by atoms with Gasteiger partial charge in [0.2, 0.25) is 0 Å². The van der Waals surface area contributed by atoms with E-state index in [1.165, 1.54) is 0 Å². The van der Waals surface area contributed by atoms with E-state index < -0.39 is 0 Å². The predicted octanol–water partition coefficient (Wildman–Crippen LogP) is 7.17. The lowest BCUT2D eigenvalue weighted by Crippen LogP contribution is -1.94. The Balaban J connectivity index is 2.09. The summed E-state index contributed by atoms with van der Waals surface area (Å²) in [6, 6.07) is 21.7. The van der Waals surface area contributed by atoms with Gasteiger partial charge in [0.15, 0.2) is 0 Å². The van der Waals surface area contributed by atoms with Gasteiger partial charge in [0.05, 0.1) is 10.0 Å². The molecule has 0 heterocycles. The minimum absolute atomic E-state index is 0.613. The fraction of sp³-hybridized carbons (Fsp3) is 0. The van der Waals surface area contributed by atoms with Gasteiger partial charge in [-0.3, -0.25) is 0 Å². The van der Waals surface area contributed by atoms with Gasteiger partial charge in [-0.25, -0.2) is 0 Å². The van der Waals surface area contributed by atoms with E-state index >= 15 is 0 Å². The highest BCUT2D eigenvalue weighted by Gasteiger charge is 2.13. The van der Waals surface area contributed by atoms with Crippen molar-refractivity contribution in [3.63, 3.8) is 0 Å². The van der Waals surface area contributed by atoms with Gasteiger partial charge in [-0.15, -0.1) is 0 Å². The summed E-state index contributed by atoms with van der Waals surface area (Å²) in [5, 5.41) is 4.64. The largest absolute Gasteiger partial charge is 0.355 e. The molecule has 0 bridgehead atoms. The van der Waals surface area contributed by atoms with Gasteiger partial charge < -0.3 is 5.32 Å². The summed E-state index contributed by atoms with van der Waals surface area (Å²) in [5.41, 5.74) is 3.76. The molecular formula is C18H12BrCl2N. The molecule has 0 radical (unpaired) electrons. The van der Waals surface area contributed by atoms with E-state index in [4.69, 9.17) is 23.2 Å². The zero-order valence-electron chi connectivity index (χ0n) is 11.5. The van der Waals surface area contributed by atoms with Gasteiger partial charge in [-0.2, -0.15) is 0 Å². The Labute approximate surface area is 148 Å². The molecule has 0 saturated heterocycles. The molecule has 0 fully saturated rings. The average Bonchev–Trinajstić information content (AvgIpc) is 2.49. The molecule has 0 spiro atoms. The van der Waals surface area contributed by atoms with Crippen molar-refractivity contribution in [2.75, 3.05) is 5.32 Å². The number of hydrogen-bond donors (Lipinski definition) is 1.